The lowest BCUT2D eigenvalue weighted by Crippen LogP contribution is -2.20. The second-order valence-electron chi connectivity index (χ2n) is 5.92. The van der Waals surface area contributed by atoms with Crippen molar-refractivity contribution in [1.29, 1.82) is 0 Å². The summed E-state index contributed by atoms with van der Waals surface area (Å²) in [5, 5.41) is 9.78. The number of carbonyl (C=O) groups excluding carboxylic acids is 1. The lowest BCUT2D eigenvalue weighted by Gasteiger charge is -2.15. The maximum absolute atomic E-state index is 11.6. The van der Waals surface area contributed by atoms with Crippen molar-refractivity contribution in [2.45, 2.75) is 96.2 Å². The first-order chi connectivity index (χ1) is 9.18. The number of hydrogen-bond acceptors (Lipinski definition) is 3. The Bertz CT molecular complexity index is 218. The molecular formula is C16H30O3. The Balaban J connectivity index is 2.31. The van der Waals surface area contributed by atoms with Gasteiger partial charge < -0.3 is 9.84 Å². The quantitative estimate of drug-likeness (QED) is 0.677. The predicted molar refractivity (Wildman–Crippen MR) is 77.0 cm³/mol. The van der Waals surface area contributed by atoms with E-state index < -0.39 is 6.10 Å². The van der Waals surface area contributed by atoms with Crippen LogP contribution >= 0.6 is 0 Å². The van der Waals surface area contributed by atoms with Crippen LogP contribution in [-0.4, -0.2) is 23.3 Å². The first-order valence-corrected chi connectivity index (χ1v) is 8.06. The number of esters is 1. The van der Waals surface area contributed by atoms with Gasteiger partial charge in [0.25, 0.3) is 0 Å². The van der Waals surface area contributed by atoms with Crippen LogP contribution in [0.15, 0.2) is 0 Å². The summed E-state index contributed by atoms with van der Waals surface area (Å²) in [6.07, 6.45) is 12.4. The summed E-state index contributed by atoms with van der Waals surface area (Å²) in [5.74, 6) is -0.243. The number of hydrogen-bond donors (Lipinski definition) is 1. The minimum Gasteiger partial charge on any atom is -0.463 e. The third-order valence-electron chi connectivity index (χ3n) is 3.88. The SMILES string of the molecule is CC1CCCCCCCCCCC[C@H](O)CC(=O)O1. The van der Waals surface area contributed by atoms with E-state index in [-0.39, 0.29) is 18.5 Å². The maximum Gasteiger partial charge on any atom is 0.308 e. The van der Waals surface area contributed by atoms with Crippen molar-refractivity contribution in [2.75, 3.05) is 0 Å². The molecule has 0 aromatic heterocycles. The summed E-state index contributed by atoms with van der Waals surface area (Å²) in [7, 11) is 0. The van der Waals surface area contributed by atoms with Crippen LogP contribution in [0.4, 0.5) is 0 Å². The van der Waals surface area contributed by atoms with Crippen LogP contribution in [-0.2, 0) is 9.53 Å². The molecule has 2 atom stereocenters. The molecule has 0 radical (unpaired) electrons. The van der Waals surface area contributed by atoms with E-state index in [4.69, 9.17) is 4.74 Å². The van der Waals surface area contributed by atoms with Crippen molar-refractivity contribution in [3.8, 4) is 0 Å². The fraction of sp³-hybridized carbons (Fsp3) is 0.938. The van der Waals surface area contributed by atoms with Gasteiger partial charge in [0.05, 0.1) is 18.6 Å². The van der Waals surface area contributed by atoms with Crippen LogP contribution in [0.2, 0.25) is 0 Å². The van der Waals surface area contributed by atoms with Crippen LogP contribution in [0.25, 0.3) is 0 Å². The molecule has 0 aromatic rings. The third-order valence-corrected chi connectivity index (χ3v) is 3.88. The van der Waals surface area contributed by atoms with Gasteiger partial charge in [-0.15, -0.1) is 0 Å². The number of carbonyl (C=O) groups is 1. The van der Waals surface area contributed by atoms with Gasteiger partial charge in [-0.25, -0.2) is 0 Å². The molecule has 1 saturated heterocycles. The Morgan fingerprint density at radius 3 is 1.95 bits per heavy atom. The maximum atomic E-state index is 11.6. The molecule has 1 aliphatic heterocycles. The highest BCUT2D eigenvalue weighted by molar-refractivity contribution is 5.70. The summed E-state index contributed by atoms with van der Waals surface area (Å²) >= 11 is 0. The first-order valence-electron chi connectivity index (χ1n) is 8.06. The van der Waals surface area contributed by atoms with Gasteiger partial charge in [0.1, 0.15) is 0 Å². The zero-order valence-corrected chi connectivity index (χ0v) is 12.4. The molecule has 3 nitrogen and oxygen atoms in total. The summed E-state index contributed by atoms with van der Waals surface area (Å²) in [4.78, 5) is 11.6. The summed E-state index contributed by atoms with van der Waals surface area (Å²) in [6, 6.07) is 0. The Kier molecular flexibility index (Phi) is 8.89. The lowest BCUT2D eigenvalue weighted by molar-refractivity contribution is -0.150. The molecule has 0 aliphatic carbocycles. The Labute approximate surface area is 117 Å². The standard InChI is InChI=1S/C16H30O3/c1-14-11-9-7-5-3-2-4-6-8-10-12-15(17)13-16(18)19-14/h14-15,17H,2-13H2,1H3/t14?,15-/m0/s1. The van der Waals surface area contributed by atoms with Crippen LogP contribution in [0.1, 0.15) is 84.0 Å². The third kappa shape index (κ3) is 9.04. The second-order valence-corrected chi connectivity index (χ2v) is 5.92. The van der Waals surface area contributed by atoms with Crippen LogP contribution in [0, 0.1) is 0 Å². The molecule has 0 amide bonds. The Morgan fingerprint density at radius 2 is 1.37 bits per heavy atom. The van der Waals surface area contributed by atoms with Crippen molar-refractivity contribution in [2.24, 2.45) is 0 Å². The average Bonchev–Trinajstić information content (AvgIpc) is 2.34. The topological polar surface area (TPSA) is 46.5 Å². The minimum atomic E-state index is -0.521. The molecule has 0 spiro atoms. The fourth-order valence-electron chi connectivity index (χ4n) is 2.68. The van der Waals surface area contributed by atoms with Crippen LogP contribution < -0.4 is 0 Å². The largest absolute Gasteiger partial charge is 0.463 e. The van der Waals surface area contributed by atoms with E-state index in [9.17, 15) is 9.90 Å². The van der Waals surface area contributed by atoms with E-state index in [0.717, 1.165) is 25.7 Å². The predicted octanol–water partition coefficient (Wildman–Crippen LogP) is 3.97. The van der Waals surface area contributed by atoms with E-state index in [1.165, 1.54) is 44.9 Å². The summed E-state index contributed by atoms with van der Waals surface area (Å²) < 4.78 is 5.32. The lowest BCUT2D eigenvalue weighted by atomic mass is 10.0. The zero-order valence-electron chi connectivity index (χ0n) is 12.4. The second kappa shape index (κ2) is 10.2. The highest BCUT2D eigenvalue weighted by Gasteiger charge is 2.14. The highest BCUT2D eigenvalue weighted by atomic mass is 16.5. The van der Waals surface area contributed by atoms with Gasteiger partial charge in [0.2, 0.25) is 0 Å². The van der Waals surface area contributed by atoms with E-state index in [2.05, 4.69) is 0 Å². The molecule has 0 saturated carbocycles. The van der Waals surface area contributed by atoms with Gasteiger partial charge in [-0.2, -0.15) is 0 Å². The molecule has 3 heteroatoms. The summed E-state index contributed by atoms with van der Waals surface area (Å²) in [6.45, 7) is 1.95. The van der Waals surface area contributed by atoms with Gasteiger partial charge in [-0.05, 0) is 26.2 Å². The number of ether oxygens (including phenoxy) is 1. The highest BCUT2D eigenvalue weighted by Crippen LogP contribution is 2.15. The Morgan fingerprint density at radius 1 is 0.895 bits per heavy atom. The zero-order chi connectivity index (χ0) is 13.9. The van der Waals surface area contributed by atoms with E-state index >= 15 is 0 Å². The molecule has 1 N–H and O–H groups in total. The van der Waals surface area contributed by atoms with Crippen molar-refractivity contribution >= 4 is 5.97 Å². The average molecular weight is 270 g/mol. The molecule has 1 heterocycles. The molecule has 1 aliphatic rings. The van der Waals surface area contributed by atoms with Gasteiger partial charge in [0, 0.05) is 0 Å². The Hall–Kier alpha value is -0.570. The monoisotopic (exact) mass is 270 g/mol. The smallest absolute Gasteiger partial charge is 0.308 e. The van der Waals surface area contributed by atoms with Crippen LogP contribution in [0.5, 0.6) is 0 Å². The van der Waals surface area contributed by atoms with Crippen molar-refractivity contribution in [1.82, 2.24) is 0 Å². The molecule has 1 fully saturated rings. The van der Waals surface area contributed by atoms with Crippen molar-refractivity contribution in [3.63, 3.8) is 0 Å². The first kappa shape index (κ1) is 16.5. The minimum absolute atomic E-state index is 0.00685. The number of cyclic esters (lactones) is 1. The molecule has 1 unspecified atom stereocenters. The summed E-state index contributed by atoms with van der Waals surface area (Å²) in [5.41, 5.74) is 0. The van der Waals surface area contributed by atoms with Gasteiger partial charge in [-0.1, -0.05) is 51.4 Å². The molecule has 1 rings (SSSR count). The van der Waals surface area contributed by atoms with Crippen LogP contribution in [0.3, 0.4) is 0 Å². The number of aliphatic hydroxyl groups excluding tert-OH is 1. The van der Waals surface area contributed by atoms with Gasteiger partial charge >= 0.3 is 5.97 Å². The molecule has 0 aromatic carbocycles. The number of aliphatic hydroxyl groups is 1. The molecule has 112 valence electrons. The normalized spacial score (nSPS) is 29.7. The van der Waals surface area contributed by atoms with E-state index in [1.54, 1.807) is 0 Å². The van der Waals surface area contributed by atoms with Crippen molar-refractivity contribution in [3.05, 3.63) is 0 Å². The molecular weight excluding hydrogens is 240 g/mol. The molecule has 0 bridgehead atoms. The van der Waals surface area contributed by atoms with E-state index in [0.29, 0.717) is 0 Å². The molecule has 19 heavy (non-hydrogen) atoms. The van der Waals surface area contributed by atoms with Gasteiger partial charge in [-0.3, -0.25) is 4.79 Å². The van der Waals surface area contributed by atoms with Gasteiger partial charge in [0.15, 0.2) is 0 Å². The fourth-order valence-corrected chi connectivity index (χ4v) is 2.68. The number of rotatable bonds is 0. The van der Waals surface area contributed by atoms with Crippen molar-refractivity contribution < 1.29 is 14.6 Å². The van der Waals surface area contributed by atoms with E-state index in [1.807, 2.05) is 6.92 Å².